The fraction of sp³-hybridized carbons (Fsp3) is 0.0833. The number of rotatable bonds is 3. The molecule has 0 atom stereocenters. The molecular formula is C12H10FNOS. The number of hydrogen-bond acceptors (Lipinski definition) is 2. The summed E-state index contributed by atoms with van der Waals surface area (Å²) in [6.07, 6.45) is 1.47. The van der Waals surface area contributed by atoms with E-state index in [9.17, 15) is 9.60 Å². The SMILES string of the molecule is [O-][n+]1ccccc1SCc1ccc(F)cc1. The summed E-state index contributed by atoms with van der Waals surface area (Å²) >= 11 is 1.43. The van der Waals surface area contributed by atoms with Crippen LogP contribution in [0.1, 0.15) is 5.56 Å². The average Bonchev–Trinajstić information content (AvgIpc) is 2.30. The van der Waals surface area contributed by atoms with Gasteiger partial charge in [0.2, 0.25) is 0 Å². The van der Waals surface area contributed by atoms with Crippen LogP contribution in [-0.4, -0.2) is 0 Å². The summed E-state index contributed by atoms with van der Waals surface area (Å²) in [6, 6.07) is 11.6. The Balaban J connectivity index is 2.02. The molecule has 0 aliphatic rings. The highest BCUT2D eigenvalue weighted by atomic mass is 32.2. The van der Waals surface area contributed by atoms with Gasteiger partial charge in [-0.3, -0.25) is 0 Å². The van der Waals surface area contributed by atoms with E-state index in [0.717, 1.165) is 10.3 Å². The molecule has 82 valence electrons. The number of benzene rings is 1. The minimum absolute atomic E-state index is 0.243. The highest BCUT2D eigenvalue weighted by Crippen LogP contribution is 2.19. The molecule has 0 saturated carbocycles. The molecule has 0 unspecified atom stereocenters. The zero-order valence-electron chi connectivity index (χ0n) is 8.47. The third-order valence-electron chi connectivity index (χ3n) is 2.09. The van der Waals surface area contributed by atoms with E-state index in [-0.39, 0.29) is 5.82 Å². The van der Waals surface area contributed by atoms with Crippen molar-refractivity contribution in [3.05, 3.63) is 65.2 Å². The highest BCUT2D eigenvalue weighted by Gasteiger charge is 2.04. The largest absolute Gasteiger partial charge is 0.618 e. The lowest BCUT2D eigenvalue weighted by Gasteiger charge is -2.03. The number of pyridine rings is 1. The fourth-order valence-corrected chi connectivity index (χ4v) is 2.13. The van der Waals surface area contributed by atoms with Crippen molar-refractivity contribution in [2.24, 2.45) is 0 Å². The van der Waals surface area contributed by atoms with E-state index in [4.69, 9.17) is 0 Å². The summed E-state index contributed by atoms with van der Waals surface area (Å²) < 4.78 is 13.5. The second-order valence-corrected chi connectivity index (χ2v) is 4.28. The van der Waals surface area contributed by atoms with E-state index in [1.54, 1.807) is 24.3 Å². The van der Waals surface area contributed by atoms with Gasteiger partial charge in [0.25, 0.3) is 5.03 Å². The third kappa shape index (κ3) is 2.73. The quantitative estimate of drug-likeness (QED) is 0.464. The maximum atomic E-state index is 12.7. The smallest absolute Gasteiger partial charge is 0.251 e. The first-order chi connectivity index (χ1) is 7.75. The van der Waals surface area contributed by atoms with Crippen molar-refractivity contribution in [1.82, 2.24) is 0 Å². The van der Waals surface area contributed by atoms with E-state index in [1.807, 2.05) is 6.07 Å². The second-order valence-electron chi connectivity index (χ2n) is 3.28. The Morgan fingerprint density at radius 3 is 2.56 bits per heavy atom. The molecule has 0 bridgehead atoms. The van der Waals surface area contributed by atoms with Crippen LogP contribution in [0.4, 0.5) is 4.39 Å². The van der Waals surface area contributed by atoms with Gasteiger partial charge in [0, 0.05) is 17.9 Å². The summed E-state index contributed by atoms with van der Waals surface area (Å²) in [4.78, 5) is 0. The van der Waals surface area contributed by atoms with Crippen LogP contribution in [0.2, 0.25) is 0 Å². The highest BCUT2D eigenvalue weighted by molar-refractivity contribution is 7.98. The maximum absolute atomic E-state index is 12.7. The topological polar surface area (TPSA) is 26.9 Å². The van der Waals surface area contributed by atoms with E-state index in [1.165, 1.54) is 30.1 Å². The summed E-state index contributed by atoms with van der Waals surface area (Å²) in [6.45, 7) is 0. The van der Waals surface area contributed by atoms with Crippen LogP contribution >= 0.6 is 11.8 Å². The predicted molar refractivity (Wildman–Crippen MR) is 61.4 cm³/mol. The van der Waals surface area contributed by atoms with Gasteiger partial charge >= 0.3 is 0 Å². The Morgan fingerprint density at radius 1 is 1.12 bits per heavy atom. The Morgan fingerprint density at radius 2 is 1.88 bits per heavy atom. The normalized spacial score (nSPS) is 10.3. The molecular weight excluding hydrogens is 225 g/mol. The average molecular weight is 235 g/mol. The van der Waals surface area contributed by atoms with Crippen LogP contribution < -0.4 is 4.73 Å². The first-order valence-corrected chi connectivity index (χ1v) is 5.80. The van der Waals surface area contributed by atoms with Gasteiger partial charge in [-0.15, -0.1) is 0 Å². The molecule has 0 aliphatic carbocycles. The standard InChI is InChI=1S/C12H10FNOS/c13-11-6-4-10(5-7-11)9-16-12-3-1-2-8-14(12)15/h1-8H,9H2. The van der Waals surface area contributed by atoms with E-state index >= 15 is 0 Å². The van der Waals surface area contributed by atoms with Crippen molar-refractivity contribution in [3.8, 4) is 0 Å². The van der Waals surface area contributed by atoms with Crippen molar-refractivity contribution in [1.29, 1.82) is 0 Å². The molecule has 2 nitrogen and oxygen atoms in total. The summed E-state index contributed by atoms with van der Waals surface area (Å²) in [5, 5.41) is 12.0. The van der Waals surface area contributed by atoms with Gasteiger partial charge < -0.3 is 5.21 Å². The van der Waals surface area contributed by atoms with Crippen LogP contribution in [0.3, 0.4) is 0 Å². The Kier molecular flexibility index (Phi) is 3.41. The lowest BCUT2D eigenvalue weighted by molar-refractivity contribution is -0.645. The molecule has 0 N–H and O–H groups in total. The zero-order chi connectivity index (χ0) is 11.4. The summed E-state index contributed by atoms with van der Waals surface area (Å²) in [5.74, 6) is 0.416. The minimum Gasteiger partial charge on any atom is -0.618 e. The van der Waals surface area contributed by atoms with Crippen molar-refractivity contribution >= 4 is 11.8 Å². The van der Waals surface area contributed by atoms with Gasteiger partial charge in [-0.2, -0.15) is 4.73 Å². The molecule has 2 aromatic rings. The number of thioether (sulfide) groups is 1. The van der Waals surface area contributed by atoms with Crippen molar-refractivity contribution in [2.75, 3.05) is 0 Å². The van der Waals surface area contributed by atoms with Gasteiger partial charge in [-0.25, -0.2) is 4.39 Å². The van der Waals surface area contributed by atoms with Crippen LogP contribution in [0.5, 0.6) is 0 Å². The van der Waals surface area contributed by atoms with Gasteiger partial charge in [-0.05, 0) is 23.8 Å². The molecule has 4 heteroatoms. The van der Waals surface area contributed by atoms with Gasteiger partial charge in [0.05, 0.1) is 0 Å². The van der Waals surface area contributed by atoms with E-state index in [2.05, 4.69) is 0 Å². The molecule has 1 aromatic carbocycles. The lowest BCUT2D eigenvalue weighted by Crippen LogP contribution is -2.27. The first kappa shape index (κ1) is 11.0. The Hall–Kier alpha value is -1.55. The number of nitrogens with zero attached hydrogens (tertiary/aromatic N) is 1. The number of aromatic nitrogens is 1. The predicted octanol–water partition coefficient (Wildman–Crippen LogP) is 2.75. The first-order valence-electron chi connectivity index (χ1n) is 4.81. The molecule has 1 heterocycles. The second kappa shape index (κ2) is 4.99. The number of halogens is 1. The Bertz CT molecular complexity index is 473. The monoisotopic (exact) mass is 235 g/mol. The van der Waals surface area contributed by atoms with E-state index < -0.39 is 0 Å². The molecule has 1 aromatic heterocycles. The molecule has 2 rings (SSSR count). The van der Waals surface area contributed by atoms with Gasteiger partial charge in [0.15, 0.2) is 6.20 Å². The summed E-state index contributed by atoms with van der Waals surface area (Å²) in [7, 11) is 0. The molecule has 0 saturated heterocycles. The third-order valence-corrected chi connectivity index (χ3v) is 3.18. The molecule has 0 radical (unpaired) electrons. The van der Waals surface area contributed by atoms with Crippen molar-refractivity contribution in [3.63, 3.8) is 0 Å². The van der Waals surface area contributed by atoms with E-state index in [0.29, 0.717) is 10.8 Å². The Labute approximate surface area is 97.3 Å². The van der Waals surface area contributed by atoms with Gasteiger partial charge in [-0.1, -0.05) is 23.9 Å². The summed E-state index contributed by atoms with van der Waals surface area (Å²) in [5.41, 5.74) is 0.996. The molecule has 0 aliphatic heterocycles. The minimum atomic E-state index is -0.243. The van der Waals surface area contributed by atoms with Gasteiger partial charge in [0.1, 0.15) is 5.82 Å². The van der Waals surface area contributed by atoms with Crippen molar-refractivity contribution < 1.29 is 9.12 Å². The van der Waals surface area contributed by atoms with Crippen LogP contribution in [0, 0.1) is 11.0 Å². The van der Waals surface area contributed by atoms with Crippen molar-refractivity contribution in [2.45, 2.75) is 10.8 Å². The molecule has 0 spiro atoms. The van der Waals surface area contributed by atoms with Crippen LogP contribution in [0.25, 0.3) is 0 Å². The van der Waals surface area contributed by atoms with Crippen LogP contribution in [-0.2, 0) is 5.75 Å². The van der Waals surface area contributed by atoms with Crippen LogP contribution in [0.15, 0.2) is 53.7 Å². The molecule has 16 heavy (non-hydrogen) atoms. The maximum Gasteiger partial charge on any atom is 0.251 e. The number of hydrogen-bond donors (Lipinski definition) is 0. The molecule has 0 fully saturated rings. The zero-order valence-corrected chi connectivity index (χ0v) is 9.28. The lowest BCUT2D eigenvalue weighted by atomic mass is 10.2. The molecule has 0 amide bonds. The fourth-order valence-electron chi connectivity index (χ4n) is 1.26.